The fraction of sp³-hybridized carbons (Fsp3) is 0.281. The topological polar surface area (TPSA) is 73.8 Å². The molecule has 1 atom stereocenters. The van der Waals surface area contributed by atoms with Crippen LogP contribution in [-0.4, -0.2) is 17.1 Å². The van der Waals surface area contributed by atoms with Gasteiger partial charge >= 0.3 is 5.97 Å². The first-order chi connectivity index (χ1) is 19.7. The van der Waals surface area contributed by atoms with E-state index in [9.17, 15) is 9.59 Å². The number of carbonyl (C=O) groups is 1. The maximum atomic E-state index is 14.0. The number of aromatic nitrogens is 1. The fourth-order valence-electron chi connectivity index (χ4n) is 4.89. The van der Waals surface area contributed by atoms with Crippen LogP contribution in [0.5, 0.6) is 0 Å². The quantitative estimate of drug-likeness (QED) is 0.197. The average molecular weight is 610 g/mol. The number of carbonyl (C=O) groups excluding carboxylic acids is 1. The minimum absolute atomic E-state index is 0.225. The molecule has 0 fully saturated rings. The minimum atomic E-state index is -0.660. The summed E-state index contributed by atoms with van der Waals surface area (Å²) in [6, 6.07) is 16.1. The van der Waals surface area contributed by atoms with Gasteiger partial charge in [-0.1, -0.05) is 86.0 Å². The lowest BCUT2D eigenvalue weighted by atomic mass is 9.92. The molecule has 5 rings (SSSR count). The van der Waals surface area contributed by atoms with Gasteiger partial charge in [0.05, 0.1) is 33.5 Å². The third kappa shape index (κ3) is 5.85. The molecule has 41 heavy (non-hydrogen) atoms. The minimum Gasteiger partial charge on any atom is -0.463 e. The predicted molar refractivity (Wildman–Crippen MR) is 164 cm³/mol. The van der Waals surface area contributed by atoms with Crippen LogP contribution in [0.15, 0.2) is 80.1 Å². The molecule has 0 radical (unpaired) electrons. The fourth-order valence-corrected chi connectivity index (χ4v) is 6.27. The molecule has 0 aliphatic carbocycles. The van der Waals surface area contributed by atoms with Gasteiger partial charge in [0.15, 0.2) is 4.80 Å². The molecule has 0 saturated carbocycles. The van der Waals surface area contributed by atoms with Crippen LogP contribution < -0.4 is 14.9 Å². The largest absolute Gasteiger partial charge is 0.463 e. The molecule has 2 aromatic heterocycles. The number of rotatable bonds is 8. The highest BCUT2D eigenvalue weighted by Gasteiger charge is 2.34. The molecule has 0 spiro atoms. The van der Waals surface area contributed by atoms with Crippen molar-refractivity contribution in [2.75, 3.05) is 6.61 Å². The number of hydrogen-bond donors (Lipinski definition) is 0. The van der Waals surface area contributed by atoms with Crippen molar-refractivity contribution >= 4 is 46.6 Å². The Hall–Kier alpha value is -3.39. The van der Waals surface area contributed by atoms with E-state index in [0.717, 1.165) is 12.0 Å². The maximum Gasteiger partial charge on any atom is 0.338 e. The zero-order valence-electron chi connectivity index (χ0n) is 23.2. The SMILES string of the molecule is CCCC1=C(C(=O)OCC)C(c2ccc(C(C)C)cc2)n2c(s/c(=C\c3ccc(-c4cc(Cl)ccc4Cl)o3)c2=O)=N1. The molecule has 0 bridgehead atoms. The lowest BCUT2D eigenvalue weighted by Gasteiger charge is -2.26. The van der Waals surface area contributed by atoms with Crippen LogP contribution >= 0.6 is 34.5 Å². The number of thiazole rings is 1. The first kappa shape index (κ1) is 29.1. The van der Waals surface area contributed by atoms with Crippen molar-refractivity contribution in [2.45, 2.75) is 52.5 Å². The second-order valence-corrected chi connectivity index (χ2v) is 11.9. The van der Waals surface area contributed by atoms with Gasteiger partial charge in [-0.3, -0.25) is 9.36 Å². The molecule has 0 saturated heterocycles. The Morgan fingerprint density at radius 1 is 1.12 bits per heavy atom. The van der Waals surface area contributed by atoms with Crippen molar-refractivity contribution < 1.29 is 13.9 Å². The van der Waals surface area contributed by atoms with Crippen molar-refractivity contribution in [1.29, 1.82) is 0 Å². The van der Waals surface area contributed by atoms with Crippen LogP contribution in [0.25, 0.3) is 17.4 Å². The highest BCUT2D eigenvalue weighted by atomic mass is 35.5. The smallest absolute Gasteiger partial charge is 0.338 e. The van der Waals surface area contributed by atoms with Crippen LogP contribution in [-0.2, 0) is 9.53 Å². The Morgan fingerprint density at radius 3 is 2.56 bits per heavy atom. The van der Waals surface area contributed by atoms with Gasteiger partial charge in [0.2, 0.25) is 0 Å². The van der Waals surface area contributed by atoms with E-state index in [4.69, 9.17) is 37.3 Å². The average Bonchev–Trinajstić information content (AvgIpc) is 3.54. The molecule has 1 aliphatic heterocycles. The number of esters is 1. The summed E-state index contributed by atoms with van der Waals surface area (Å²) in [4.78, 5) is 32.7. The summed E-state index contributed by atoms with van der Waals surface area (Å²) < 4.78 is 13.6. The van der Waals surface area contributed by atoms with Gasteiger partial charge in [-0.25, -0.2) is 9.79 Å². The van der Waals surface area contributed by atoms with Crippen LogP contribution in [0.2, 0.25) is 10.0 Å². The first-order valence-corrected chi connectivity index (χ1v) is 15.2. The number of nitrogens with zero attached hydrogens (tertiary/aromatic N) is 2. The summed E-state index contributed by atoms with van der Waals surface area (Å²) in [5.74, 6) is 0.912. The molecule has 6 nitrogen and oxygen atoms in total. The molecular weight excluding hydrogens is 579 g/mol. The zero-order valence-corrected chi connectivity index (χ0v) is 25.6. The molecule has 0 amide bonds. The summed E-state index contributed by atoms with van der Waals surface area (Å²) in [6.07, 6.45) is 3.07. The lowest BCUT2D eigenvalue weighted by molar-refractivity contribution is -0.139. The van der Waals surface area contributed by atoms with Gasteiger partial charge in [-0.2, -0.15) is 0 Å². The third-order valence-corrected chi connectivity index (χ3v) is 8.45. The number of allylic oxidation sites excluding steroid dienone is 1. The molecule has 212 valence electrons. The van der Waals surface area contributed by atoms with Gasteiger partial charge in [-0.15, -0.1) is 0 Å². The Labute approximate surface area is 252 Å². The normalized spacial score (nSPS) is 15.3. The van der Waals surface area contributed by atoms with Crippen molar-refractivity contribution in [3.63, 3.8) is 0 Å². The monoisotopic (exact) mass is 608 g/mol. The molecular formula is C32H30Cl2N2O4S. The molecule has 9 heteroatoms. The van der Waals surface area contributed by atoms with E-state index in [-0.39, 0.29) is 12.2 Å². The number of halogens is 2. The summed E-state index contributed by atoms with van der Waals surface area (Å²) in [5.41, 5.74) is 3.44. The van der Waals surface area contributed by atoms with Crippen LogP contribution in [0.4, 0.5) is 0 Å². The Morgan fingerprint density at radius 2 is 1.88 bits per heavy atom. The summed E-state index contributed by atoms with van der Waals surface area (Å²) in [5, 5.41) is 1.05. The van der Waals surface area contributed by atoms with E-state index in [1.807, 2.05) is 31.2 Å². The Bertz CT molecular complexity index is 1810. The molecule has 1 aliphatic rings. The third-order valence-electron chi connectivity index (χ3n) is 6.91. The molecule has 4 aromatic rings. The van der Waals surface area contributed by atoms with Gasteiger partial charge in [0.25, 0.3) is 5.56 Å². The molecule has 1 unspecified atom stereocenters. The van der Waals surface area contributed by atoms with Gasteiger partial charge < -0.3 is 9.15 Å². The highest BCUT2D eigenvalue weighted by Crippen LogP contribution is 2.34. The van der Waals surface area contributed by atoms with Gasteiger partial charge in [0.1, 0.15) is 11.5 Å². The van der Waals surface area contributed by atoms with E-state index in [1.165, 1.54) is 16.9 Å². The van der Waals surface area contributed by atoms with Gasteiger partial charge in [0, 0.05) is 16.7 Å². The van der Waals surface area contributed by atoms with Crippen molar-refractivity contribution in [3.05, 3.63) is 112 Å². The van der Waals surface area contributed by atoms with Crippen LogP contribution in [0, 0.1) is 0 Å². The zero-order chi connectivity index (χ0) is 29.3. The second-order valence-electron chi connectivity index (χ2n) is 10.1. The number of hydrogen-bond acceptors (Lipinski definition) is 6. The molecule has 2 aromatic carbocycles. The number of ether oxygens (including phenoxy) is 1. The van der Waals surface area contributed by atoms with Gasteiger partial charge in [-0.05, 0) is 60.7 Å². The van der Waals surface area contributed by atoms with E-state index < -0.39 is 12.0 Å². The van der Waals surface area contributed by atoms with E-state index >= 15 is 0 Å². The lowest BCUT2D eigenvalue weighted by Crippen LogP contribution is -2.40. The Balaban J connectivity index is 1.67. The highest BCUT2D eigenvalue weighted by molar-refractivity contribution is 7.07. The summed E-state index contributed by atoms with van der Waals surface area (Å²) >= 11 is 13.8. The van der Waals surface area contributed by atoms with E-state index in [0.29, 0.717) is 60.1 Å². The standard InChI is InChI=1S/C32H30Cl2N2O4S/c1-5-7-25-28(31(38)39-6-2)29(20-10-8-19(9-11-20)18(3)4)36-30(37)27(41-32(36)35-25)17-22-13-15-26(40-22)23-16-21(33)12-14-24(23)34/h8-18,29H,5-7H2,1-4H3/b27-17-. The van der Waals surface area contributed by atoms with Crippen LogP contribution in [0.1, 0.15) is 69.4 Å². The first-order valence-electron chi connectivity index (χ1n) is 13.6. The summed E-state index contributed by atoms with van der Waals surface area (Å²) in [6.45, 7) is 8.29. The predicted octanol–water partition coefficient (Wildman–Crippen LogP) is 7.27. The van der Waals surface area contributed by atoms with Crippen molar-refractivity contribution in [1.82, 2.24) is 4.57 Å². The summed E-state index contributed by atoms with van der Waals surface area (Å²) in [7, 11) is 0. The van der Waals surface area contributed by atoms with Crippen molar-refractivity contribution in [3.8, 4) is 11.3 Å². The molecule has 3 heterocycles. The van der Waals surface area contributed by atoms with E-state index in [2.05, 4.69) is 13.8 Å². The van der Waals surface area contributed by atoms with E-state index in [1.54, 1.807) is 47.9 Å². The Kier molecular flexibility index (Phi) is 8.68. The number of furan rings is 1. The van der Waals surface area contributed by atoms with Crippen LogP contribution in [0.3, 0.4) is 0 Å². The van der Waals surface area contributed by atoms with Crippen molar-refractivity contribution in [2.24, 2.45) is 4.99 Å². The maximum absolute atomic E-state index is 14.0. The second kappa shape index (κ2) is 12.2. The number of fused-ring (bicyclic) bond motifs is 1. The molecule has 0 N–H and O–H groups in total. The number of benzene rings is 2.